The second kappa shape index (κ2) is 11.0. The fraction of sp³-hybridized carbons (Fsp3) is 0.444. The van der Waals surface area contributed by atoms with Crippen molar-refractivity contribution in [2.45, 2.75) is 65.8 Å². The molecule has 220 valence electrons. The lowest BCUT2D eigenvalue weighted by Crippen LogP contribution is -2.41. The summed E-state index contributed by atoms with van der Waals surface area (Å²) in [6.07, 6.45) is -1.27. The minimum absolute atomic E-state index is 0.132. The maximum Gasteiger partial charge on any atom is 0.419 e. The van der Waals surface area contributed by atoms with Crippen LogP contribution in [0.2, 0.25) is 5.02 Å². The van der Waals surface area contributed by atoms with Crippen LogP contribution in [0.3, 0.4) is 0 Å². The van der Waals surface area contributed by atoms with Gasteiger partial charge in [-0.15, -0.1) is 0 Å². The van der Waals surface area contributed by atoms with Crippen LogP contribution in [-0.4, -0.2) is 53.2 Å². The number of hydrogen-bond acceptors (Lipinski definition) is 7. The Morgan fingerprint density at radius 1 is 1.05 bits per heavy atom. The van der Waals surface area contributed by atoms with Crippen LogP contribution < -0.4 is 16.6 Å². The highest BCUT2D eigenvalue weighted by Gasteiger charge is 2.25. The van der Waals surface area contributed by atoms with Crippen molar-refractivity contribution in [1.29, 1.82) is 0 Å². The van der Waals surface area contributed by atoms with E-state index in [0.717, 1.165) is 4.57 Å². The SMILES string of the molecule is Cn1c(=O)n(Cc2cc3c(Cl)cccc3n2C(=O)OC(C)(C)C)c(=O)c2c1nc(Br)n2CCNC(=O)OC(C)(C)C. The number of alkyl carbamates (subject to hydrolysis) is 1. The van der Waals surface area contributed by atoms with E-state index >= 15 is 0 Å². The summed E-state index contributed by atoms with van der Waals surface area (Å²) in [6.45, 7) is 10.5. The van der Waals surface area contributed by atoms with Gasteiger partial charge >= 0.3 is 17.9 Å². The van der Waals surface area contributed by atoms with Gasteiger partial charge in [-0.05, 0) is 75.7 Å². The minimum Gasteiger partial charge on any atom is -0.444 e. The second-order valence-corrected chi connectivity index (χ2v) is 12.6. The molecule has 0 atom stereocenters. The van der Waals surface area contributed by atoms with E-state index in [1.807, 2.05) is 0 Å². The average molecular weight is 652 g/mol. The summed E-state index contributed by atoms with van der Waals surface area (Å²) < 4.78 is 16.4. The first-order chi connectivity index (χ1) is 19.0. The van der Waals surface area contributed by atoms with Crippen molar-refractivity contribution >= 4 is 61.8 Å². The zero-order valence-corrected chi connectivity index (χ0v) is 26.2. The van der Waals surface area contributed by atoms with Gasteiger partial charge in [0.15, 0.2) is 15.9 Å². The topological polar surface area (TPSA) is 131 Å². The smallest absolute Gasteiger partial charge is 0.419 e. The van der Waals surface area contributed by atoms with Crippen molar-refractivity contribution in [2.75, 3.05) is 6.54 Å². The molecule has 0 bridgehead atoms. The van der Waals surface area contributed by atoms with Crippen molar-refractivity contribution in [3.8, 4) is 0 Å². The molecule has 3 aromatic heterocycles. The lowest BCUT2D eigenvalue weighted by molar-refractivity contribution is 0.0519. The van der Waals surface area contributed by atoms with Gasteiger partial charge in [-0.2, -0.15) is 0 Å². The number of aryl methyl sites for hydroxylation is 1. The number of imidazole rings is 1. The number of aromatic nitrogens is 5. The summed E-state index contributed by atoms with van der Waals surface area (Å²) in [7, 11) is 1.50. The van der Waals surface area contributed by atoms with Gasteiger partial charge in [0.2, 0.25) is 0 Å². The van der Waals surface area contributed by atoms with Crippen LogP contribution in [0, 0.1) is 0 Å². The number of benzene rings is 1. The van der Waals surface area contributed by atoms with Crippen molar-refractivity contribution in [2.24, 2.45) is 7.05 Å². The molecule has 12 nitrogen and oxygen atoms in total. The van der Waals surface area contributed by atoms with Gasteiger partial charge in [0, 0.05) is 30.5 Å². The van der Waals surface area contributed by atoms with Crippen molar-refractivity contribution in [3.63, 3.8) is 0 Å². The lowest BCUT2D eigenvalue weighted by Gasteiger charge is -2.21. The summed E-state index contributed by atoms with van der Waals surface area (Å²) in [4.78, 5) is 57.0. The first kappa shape index (κ1) is 30.4. The first-order valence-electron chi connectivity index (χ1n) is 12.8. The molecule has 4 aromatic rings. The average Bonchev–Trinajstić information content (AvgIpc) is 3.37. The molecule has 0 aliphatic rings. The Balaban J connectivity index is 1.79. The number of nitrogens with zero attached hydrogens (tertiary/aromatic N) is 5. The summed E-state index contributed by atoms with van der Waals surface area (Å²) >= 11 is 9.79. The molecule has 0 saturated carbocycles. The molecule has 0 fully saturated rings. The minimum atomic E-state index is -0.790. The molecular weight excluding hydrogens is 620 g/mol. The Hall–Kier alpha value is -3.58. The molecule has 0 radical (unpaired) electrons. The number of halogens is 2. The summed E-state index contributed by atoms with van der Waals surface area (Å²) in [5, 5.41) is 3.63. The molecule has 14 heteroatoms. The van der Waals surface area contributed by atoms with Crippen LogP contribution >= 0.6 is 27.5 Å². The Kier molecular flexibility index (Phi) is 8.16. The fourth-order valence-corrected chi connectivity index (χ4v) is 5.07. The molecule has 4 rings (SSSR count). The lowest BCUT2D eigenvalue weighted by atomic mass is 10.2. The normalized spacial score (nSPS) is 12.2. The Bertz CT molecular complexity index is 1790. The van der Waals surface area contributed by atoms with E-state index in [1.54, 1.807) is 70.4 Å². The predicted molar refractivity (Wildman–Crippen MR) is 159 cm³/mol. The van der Waals surface area contributed by atoms with Gasteiger partial charge in [0.25, 0.3) is 5.56 Å². The molecule has 0 aliphatic heterocycles. The quantitative estimate of drug-likeness (QED) is 0.312. The van der Waals surface area contributed by atoms with Gasteiger partial charge in [-0.3, -0.25) is 13.9 Å². The molecule has 0 aliphatic carbocycles. The van der Waals surface area contributed by atoms with Gasteiger partial charge < -0.3 is 19.4 Å². The van der Waals surface area contributed by atoms with Crippen LogP contribution in [-0.2, 0) is 29.6 Å². The van der Waals surface area contributed by atoms with E-state index in [1.165, 1.54) is 16.2 Å². The zero-order chi connectivity index (χ0) is 30.4. The largest absolute Gasteiger partial charge is 0.444 e. The zero-order valence-electron chi connectivity index (χ0n) is 23.9. The van der Waals surface area contributed by atoms with Gasteiger partial charge in [-0.25, -0.2) is 23.9 Å². The monoisotopic (exact) mass is 650 g/mol. The van der Waals surface area contributed by atoms with E-state index in [9.17, 15) is 19.2 Å². The van der Waals surface area contributed by atoms with Crippen LogP contribution in [0.15, 0.2) is 38.6 Å². The highest BCUT2D eigenvalue weighted by Crippen LogP contribution is 2.28. The Morgan fingerprint density at radius 2 is 1.71 bits per heavy atom. The maximum absolute atomic E-state index is 13.8. The van der Waals surface area contributed by atoms with Crippen LogP contribution in [0.25, 0.3) is 22.1 Å². The predicted octanol–water partition coefficient (Wildman–Crippen LogP) is 4.62. The first-order valence-corrected chi connectivity index (χ1v) is 14.0. The summed E-state index contributed by atoms with van der Waals surface area (Å²) in [6, 6.07) is 6.76. The molecular formula is C27H32BrClN6O6. The standard InChI is InChI=1S/C27H32BrClN6O6/c1-26(2,3)40-23(37)30-11-12-33-19-20(31-22(33)28)32(7)24(38)34(21(19)36)14-15-13-16-17(29)9-8-10-18(16)35(15)25(39)41-27(4,5)6/h8-10,13H,11-12,14H2,1-7H3,(H,30,37). The van der Waals surface area contributed by atoms with E-state index in [2.05, 4.69) is 26.2 Å². The van der Waals surface area contributed by atoms with Gasteiger partial charge in [0.1, 0.15) is 11.2 Å². The number of fused-ring (bicyclic) bond motifs is 2. The highest BCUT2D eigenvalue weighted by molar-refractivity contribution is 9.10. The van der Waals surface area contributed by atoms with Crippen molar-refractivity contribution < 1.29 is 19.1 Å². The van der Waals surface area contributed by atoms with Crippen LogP contribution in [0.5, 0.6) is 0 Å². The van der Waals surface area contributed by atoms with E-state index in [4.69, 9.17) is 21.1 Å². The third-order valence-electron chi connectivity index (χ3n) is 5.95. The Morgan fingerprint density at radius 3 is 2.34 bits per heavy atom. The van der Waals surface area contributed by atoms with E-state index in [0.29, 0.717) is 26.4 Å². The maximum atomic E-state index is 13.8. The summed E-state index contributed by atoms with van der Waals surface area (Å²) in [5.74, 6) is 0. The van der Waals surface area contributed by atoms with Gasteiger partial charge in [0.05, 0.1) is 17.8 Å². The number of carbonyl (C=O) groups excluding carboxylic acids is 2. The van der Waals surface area contributed by atoms with Crippen LogP contribution in [0.4, 0.5) is 9.59 Å². The summed E-state index contributed by atoms with van der Waals surface area (Å²) in [5.41, 5.74) is -1.58. The third kappa shape index (κ3) is 6.35. The molecule has 1 N–H and O–H groups in total. The molecule has 0 unspecified atom stereocenters. The molecule has 1 aromatic carbocycles. The second-order valence-electron chi connectivity index (χ2n) is 11.5. The number of carbonyl (C=O) groups is 2. The van der Waals surface area contributed by atoms with Gasteiger partial charge in [-0.1, -0.05) is 17.7 Å². The number of amides is 1. The molecule has 0 saturated heterocycles. The van der Waals surface area contributed by atoms with Crippen molar-refractivity contribution in [3.05, 3.63) is 60.6 Å². The Labute approximate surface area is 248 Å². The van der Waals surface area contributed by atoms with Crippen LogP contribution in [0.1, 0.15) is 47.2 Å². The van der Waals surface area contributed by atoms with Crippen molar-refractivity contribution in [1.82, 2.24) is 28.6 Å². The number of hydrogen-bond donors (Lipinski definition) is 1. The molecule has 41 heavy (non-hydrogen) atoms. The molecule has 3 heterocycles. The van der Waals surface area contributed by atoms with E-state index < -0.39 is 34.6 Å². The van der Waals surface area contributed by atoms with E-state index in [-0.39, 0.29) is 30.8 Å². The fourth-order valence-electron chi connectivity index (χ4n) is 4.32. The number of rotatable bonds is 5. The molecule has 1 amide bonds. The number of ether oxygens (including phenoxy) is 2. The highest BCUT2D eigenvalue weighted by atomic mass is 79.9. The number of nitrogens with one attached hydrogen (secondary N) is 1. The third-order valence-corrected chi connectivity index (χ3v) is 6.89. The molecule has 0 spiro atoms.